The van der Waals surface area contributed by atoms with E-state index in [4.69, 9.17) is 4.74 Å². The van der Waals surface area contributed by atoms with Gasteiger partial charge in [0.1, 0.15) is 5.75 Å². The van der Waals surface area contributed by atoms with Gasteiger partial charge in [0, 0.05) is 11.6 Å². The molecule has 0 atom stereocenters. The van der Waals surface area contributed by atoms with Crippen LogP contribution in [-0.2, 0) is 19.4 Å². The topological polar surface area (TPSA) is 61.8 Å². The summed E-state index contributed by atoms with van der Waals surface area (Å²) < 4.78 is 5.36. The second kappa shape index (κ2) is 7.00. The van der Waals surface area contributed by atoms with E-state index in [0.717, 1.165) is 6.08 Å². The molecule has 0 unspecified atom stereocenters. The molecule has 5 nitrogen and oxygen atoms in total. The Bertz CT molecular complexity index is 504. The Kier molecular flexibility index (Phi) is 5.35. The maximum atomic E-state index is 11.6. The van der Waals surface area contributed by atoms with Crippen LogP contribution in [0.25, 0.3) is 5.57 Å². The summed E-state index contributed by atoms with van der Waals surface area (Å²) in [6, 6.07) is 6.86. The summed E-state index contributed by atoms with van der Waals surface area (Å²) in [6.45, 7) is 9.04. The monoisotopic (exact) mass is 262 g/mol. The molecule has 0 aliphatic heterocycles. The summed E-state index contributed by atoms with van der Waals surface area (Å²) >= 11 is 0. The van der Waals surface area contributed by atoms with Gasteiger partial charge < -0.3 is 4.74 Å². The van der Waals surface area contributed by atoms with Crippen LogP contribution in [0.2, 0.25) is 0 Å². The third kappa shape index (κ3) is 3.99. The SMILES string of the molecule is C=CC(=O)OOC(=O)C(=C)c1ccccc1OCC. The first-order chi connectivity index (χ1) is 9.10. The molecule has 0 aliphatic rings. The van der Waals surface area contributed by atoms with Crippen LogP contribution < -0.4 is 4.74 Å². The first kappa shape index (κ1) is 14.5. The zero-order chi connectivity index (χ0) is 14.3. The van der Waals surface area contributed by atoms with Crippen LogP contribution in [0.5, 0.6) is 5.75 Å². The Balaban J connectivity index is 2.79. The largest absolute Gasteiger partial charge is 0.493 e. The van der Waals surface area contributed by atoms with Crippen molar-refractivity contribution in [2.45, 2.75) is 6.92 Å². The summed E-state index contributed by atoms with van der Waals surface area (Å²) in [7, 11) is 0. The predicted octanol–water partition coefficient (Wildman–Crippen LogP) is 2.29. The summed E-state index contributed by atoms with van der Waals surface area (Å²) in [4.78, 5) is 30.9. The van der Waals surface area contributed by atoms with Crippen LogP contribution in [0.4, 0.5) is 0 Å². The molecule has 0 spiro atoms. The minimum atomic E-state index is -0.873. The molecule has 0 amide bonds. The van der Waals surface area contributed by atoms with Crippen molar-refractivity contribution < 1.29 is 24.1 Å². The first-order valence-corrected chi connectivity index (χ1v) is 5.56. The number of carbonyl (C=O) groups excluding carboxylic acids is 2. The zero-order valence-corrected chi connectivity index (χ0v) is 10.5. The minimum absolute atomic E-state index is 0.0286. The highest BCUT2D eigenvalue weighted by atomic mass is 17.2. The molecule has 0 N–H and O–H groups in total. The van der Waals surface area contributed by atoms with Crippen molar-refractivity contribution in [2.24, 2.45) is 0 Å². The standard InChI is InChI=1S/C14H14O5/c1-4-13(15)18-19-14(16)10(3)11-8-6-7-9-12(11)17-5-2/h4,6-9H,1,3,5H2,2H3. The molecule has 0 aliphatic carbocycles. The Hall–Kier alpha value is -2.56. The summed E-state index contributed by atoms with van der Waals surface area (Å²) in [5.74, 6) is -1.23. The van der Waals surface area contributed by atoms with Gasteiger partial charge in [-0.3, -0.25) is 0 Å². The Morgan fingerprint density at radius 3 is 2.58 bits per heavy atom. The van der Waals surface area contributed by atoms with Crippen molar-refractivity contribution >= 4 is 17.5 Å². The van der Waals surface area contributed by atoms with Crippen molar-refractivity contribution in [1.82, 2.24) is 0 Å². The van der Waals surface area contributed by atoms with Crippen LogP contribution in [0.15, 0.2) is 43.5 Å². The molecule has 0 saturated heterocycles. The second-order valence-corrected chi connectivity index (χ2v) is 3.39. The number of ether oxygens (including phenoxy) is 1. The fraction of sp³-hybridized carbons (Fsp3) is 0.143. The molecule has 100 valence electrons. The molecule has 0 bridgehead atoms. The molecular formula is C14H14O5. The molecule has 1 aromatic rings. The summed E-state index contributed by atoms with van der Waals surface area (Å²) in [6.07, 6.45) is 0.879. The van der Waals surface area contributed by atoms with Crippen LogP contribution >= 0.6 is 0 Å². The van der Waals surface area contributed by atoms with Gasteiger partial charge in [-0.05, 0) is 13.0 Å². The predicted molar refractivity (Wildman–Crippen MR) is 69.0 cm³/mol. The van der Waals surface area contributed by atoms with E-state index in [1.807, 2.05) is 6.92 Å². The summed E-state index contributed by atoms with van der Waals surface area (Å²) in [5.41, 5.74) is 0.505. The van der Waals surface area contributed by atoms with Gasteiger partial charge in [-0.25, -0.2) is 19.4 Å². The third-order valence-corrected chi connectivity index (χ3v) is 2.12. The maximum absolute atomic E-state index is 11.6. The van der Waals surface area contributed by atoms with Crippen LogP contribution in [0, 0.1) is 0 Å². The molecule has 5 heteroatoms. The van der Waals surface area contributed by atoms with Crippen molar-refractivity contribution in [3.8, 4) is 5.75 Å². The molecule has 1 rings (SSSR count). The van der Waals surface area contributed by atoms with E-state index in [9.17, 15) is 9.59 Å². The van der Waals surface area contributed by atoms with Gasteiger partial charge in [-0.15, -0.1) is 0 Å². The highest BCUT2D eigenvalue weighted by molar-refractivity contribution is 6.16. The van der Waals surface area contributed by atoms with Crippen molar-refractivity contribution in [2.75, 3.05) is 6.61 Å². The van der Waals surface area contributed by atoms with E-state index in [-0.39, 0.29) is 5.57 Å². The maximum Gasteiger partial charge on any atom is 0.386 e. The smallest absolute Gasteiger partial charge is 0.386 e. The van der Waals surface area contributed by atoms with Crippen molar-refractivity contribution in [1.29, 1.82) is 0 Å². The third-order valence-electron chi connectivity index (χ3n) is 2.12. The van der Waals surface area contributed by atoms with Crippen molar-refractivity contribution in [3.05, 3.63) is 49.1 Å². The minimum Gasteiger partial charge on any atom is -0.493 e. The van der Waals surface area contributed by atoms with E-state index in [1.54, 1.807) is 24.3 Å². The number of rotatable bonds is 5. The number of hydrogen-bond donors (Lipinski definition) is 0. The second-order valence-electron chi connectivity index (χ2n) is 3.39. The highest BCUT2D eigenvalue weighted by Crippen LogP contribution is 2.25. The van der Waals surface area contributed by atoms with Gasteiger partial charge in [-0.1, -0.05) is 31.4 Å². The van der Waals surface area contributed by atoms with Crippen LogP contribution in [0.1, 0.15) is 12.5 Å². The van der Waals surface area contributed by atoms with Crippen LogP contribution in [-0.4, -0.2) is 18.5 Å². The lowest BCUT2D eigenvalue weighted by Gasteiger charge is -2.10. The van der Waals surface area contributed by atoms with Gasteiger partial charge in [-0.2, -0.15) is 0 Å². The average Bonchev–Trinajstić information content (AvgIpc) is 2.44. The van der Waals surface area contributed by atoms with Gasteiger partial charge in [0.25, 0.3) is 0 Å². The molecule has 0 fully saturated rings. The Morgan fingerprint density at radius 2 is 1.95 bits per heavy atom. The Labute approximate surface area is 111 Å². The summed E-state index contributed by atoms with van der Waals surface area (Å²) in [5, 5.41) is 0. The molecule has 19 heavy (non-hydrogen) atoms. The van der Waals surface area contributed by atoms with E-state index < -0.39 is 11.9 Å². The Morgan fingerprint density at radius 1 is 1.26 bits per heavy atom. The molecule has 0 aromatic heterocycles. The number of carbonyl (C=O) groups is 2. The number of para-hydroxylation sites is 1. The van der Waals surface area contributed by atoms with E-state index >= 15 is 0 Å². The lowest BCUT2D eigenvalue weighted by atomic mass is 10.1. The lowest BCUT2D eigenvalue weighted by Crippen LogP contribution is -2.11. The average molecular weight is 262 g/mol. The fourth-order valence-corrected chi connectivity index (χ4v) is 1.27. The zero-order valence-electron chi connectivity index (χ0n) is 10.5. The van der Waals surface area contributed by atoms with E-state index in [0.29, 0.717) is 17.9 Å². The van der Waals surface area contributed by atoms with Gasteiger partial charge in [0.2, 0.25) is 0 Å². The fourth-order valence-electron chi connectivity index (χ4n) is 1.27. The normalized spacial score (nSPS) is 9.32. The molecule has 1 aromatic carbocycles. The van der Waals surface area contributed by atoms with Crippen molar-refractivity contribution in [3.63, 3.8) is 0 Å². The molecule has 0 saturated carbocycles. The molecular weight excluding hydrogens is 248 g/mol. The van der Waals surface area contributed by atoms with Gasteiger partial charge >= 0.3 is 11.9 Å². The molecule has 0 radical (unpaired) electrons. The molecule has 0 heterocycles. The number of hydrogen-bond acceptors (Lipinski definition) is 5. The quantitative estimate of drug-likeness (QED) is 0.463. The first-order valence-electron chi connectivity index (χ1n) is 5.56. The lowest BCUT2D eigenvalue weighted by molar-refractivity contribution is -0.249. The number of benzene rings is 1. The van der Waals surface area contributed by atoms with Crippen LogP contribution in [0.3, 0.4) is 0 Å². The highest BCUT2D eigenvalue weighted by Gasteiger charge is 2.17. The van der Waals surface area contributed by atoms with Gasteiger partial charge in [0.05, 0.1) is 12.2 Å². The van der Waals surface area contributed by atoms with E-state index in [1.165, 1.54) is 0 Å². The van der Waals surface area contributed by atoms with E-state index in [2.05, 4.69) is 22.9 Å². The van der Waals surface area contributed by atoms with Gasteiger partial charge in [0.15, 0.2) is 0 Å².